The molecule has 1 nitrogen and oxygen atoms in total. The van der Waals surface area contributed by atoms with Crippen molar-refractivity contribution in [1.82, 2.24) is 0 Å². The summed E-state index contributed by atoms with van der Waals surface area (Å²) >= 11 is 0. The van der Waals surface area contributed by atoms with Gasteiger partial charge in [-0.3, -0.25) is 0 Å². The first-order valence-corrected chi connectivity index (χ1v) is 9.82. The van der Waals surface area contributed by atoms with Gasteiger partial charge in [0.05, 0.1) is 0 Å². The number of hydrogen-bond acceptors (Lipinski definition) is 1. The molecule has 0 heterocycles. The maximum atomic E-state index is 10.8. The van der Waals surface area contributed by atoms with Crippen molar-refractivity contribution in [2.24, 2.45) is 0 Å². The minimum Gasteiger partial charge on any atom is -0.300 e. The monoisotopic (exact) mass is 316 g/mol. The van der Waals surface area contributed by atoms with Crippen LogP contribution in [-0.2, 0) is 11.2 Å². The third kappa shape index (κ3) is 13.1. The van der Waals surface area contributed by atoms with Crippen LogP contribution < -0.4 is 0 Å². The summed E-state index contributed by atoms with van der Waals surface area (Å²) in [6, 6.07) is 10.8. The zero-order valence-electron chi connectivity index (χ0n) is 15.2. The Kier molecular flexibility index (Phi) is 12.6. The molecule has 0 fully saturated rings. The summed E-state index contributed by atoms with van der Waals surface area (Å²) in [5.41, 5.74) is 1.48. The van der Waals surface area contributed by atoms with Crippen molar-refractivity contribution >= 4 is 5.78 Å². The van der Waals surface area contributed by atoms with E-state index in [9.17, 15) is 4.79 Å². The second-order valence-electron chi connectivity index (χ2n) is 6.93. The lowest BCUT2D eigenvalue weighted by Gasteiger charge is -2.03. The molecule has 0 amide bonds. The van der Waals surface area contributed by atoms with E-state index in [1.165, 1.54) is 82.6 Å². The van der Waals surface area contributed by atoms with E-state index in [4.69, 9.17) is 0 Å². The van der Waals surface area contributed by atoms with Crippen molar-refractivity contribution in [3.8, 4) is 0 Å². The summed E-state index contributed by atoms with van der Waals surface area (Å²) in [5.74, 6) is 0.341. The highest BCUT2D eigenvalue weighted by Gasteiger charge is 1.96. The smallest absolute Gasteiger partial charge is 0.129 e. The van der Waals surface area contributed by atoms with E-state index in [2.05, 4.69) is 30.3 Å². The van der Waals surface area contributed by atoms with Crippen molar-refractivity contribution in [1.29, 1.82) is 0 Å². The van der Waals surface area contributed by atoms with E-state index in [0.29, 0.717) is 5.78 Å². The molecule has 1 aromatic rings. The van der Waals surface area contributed by atoms with Gasteiger partial charge in [0.25, 0.3) is 0 Å². The minimum absolute atomic E-state index is 0.341. The summed E-state index contributed by atoms with van der Waals surface area (Å²) in [5, 5.41) is 0. The Labute approximate surface area is 143 Å². The minimum atomic E-state index is 0.341. The maximum Gasteiger partial charge on any atom is 0.129 e. The zero-order chi connectivity index (χ0) is 16.6. The highest BCUT2D eigenvalue weighted by molar-refractivity contribution is 5.75. The fourth-order valence-corrected chi connectivity index (χ4v) is 3.12. The van der Waals surface area contributed by atoms with Crippen LogP contribution in [-0.4, -0.2) is 5.78 Å². The average Bonchev–Trinajstić information content (AvgIpc) is 2.56. The Morgan fingerprint density at radius 3 is 1.57 bits per heavy atom. The molecule has 0 aromatic heterocycles. The highest BCUT2D eigenvalue weighted by Crippen LogP contribution is 2.13. The maximum absolute atomic E-state index is 10.8. The number of ketones is 1. The molecule has 23 heavy (non-hydrogen) atoms. The Hall–Kier alpha value is -1.11. The molecule has 1 aromatic carbocycles. The van der Waals surface area contributed by atoms with Crippen LogP contribution in [0.15, 0.2) is 30.3 Å². The molecule has 0 radical (unpaired) electrons. The van der Waals surface area contributed by atoms with Gasteiger partial charge in [-0.15, -0.1) is 0 Å². The molecule has 1 rings (SSSR count). The summed E-state index contributed by atoms with van der Waals surface area (Å²) < 4.78 is 0. The van der Waals surface area contributed by atoms with Gasteiger partial charge in [0, 0.05) is 6.42 Å². The normalized spacial score (nSPS) is 10.8. The number of unbranched alkanes of at least 4 members (excludes halogenated alkanes) is 11. The van der Waals surface area contributed by atoms with Gasteiger partial charge in [-0.05, 0) is 31.7 Å². The molecule has 0 bridgehead atoms. The number of carbonyl (C=O) groups excluding carboxylic acids is 1. The summed E-state index contributed by atoms with van der Waals surface area (Å²) in [7, 11) is 0. The van der Waals surface area contributed by atoms with E-state index >= 15 is 0 Å². The molecular formula is C22H36O. The van der Waals surface area contributed by atoms with Gasteiger partial charge in [0.2, 0.25) is 0 Å². The predicted molar refractivity (Wildman–Crippen MR) is 101 cm³/mol. The standard InChI is InChI=1S/C22H36O/c1-21(23)17-13-10-8-6-4-2-3-5-7-9-11-14-18-22-19-15-12-16-20-22/h12,15-16,19-20H,2-11,13-14,17-18H2,1H3. The summed E-state index contributed by atoms with van der Waals surface area (Å²) in [6.45, 7) is 1.70. The number of aryl methyl sites for hydroxylation is 1. The van der Waals surface area contributed by atoms with Crippen LogP contribution in [0.3, 0.4) is 0 Å². The second-order valence-corrected chi connectivity index (χ2v) is 6.93. The van der Waals surface area contributed by atoms with Crippen LogP contribution in [0.2, 0.25) is 0 Å². The quantitative estimate of drug-likeness (QED) is 0.322. The Morgan fingerprint density at radius 2 is 1.09 bits per heavy atom. The lowest BCUT2D eigenvalue weighted by molar-refractivity contribution is -0.117. The van der Waals surface area contributed by atoms with E-state index < -0.39 is 0 Å². The molecule has 0 aliphatic rings. The first kappa shape index (κ1) is 19.9. The lowest BCUT2D eigenvalue weighted by Crippen LogP contribution is -1.89. The van der Waals surface area contributed by atoms with E-state index in [1.807, 2.05) is 0 Å². The van der Waals surface area contributed by atoms with Crippen LogP contribution >= 0.6 is 0 Å². The van der Waals surface area contributed by atoms with E-state index in [0.717, 1.165) is 12.8 Å². The average molecular weight is 317 g/mol. The van der Waals surface area contributed by atoms with Crippen molar-refractivity contribution in [2.75, 3.05) is 0 Å². The molecule has 0 aliphatic carbocycles. The first-order valence-electron chi connectivity index (χ1n) is 9.82. The van der Waals surface area contributed by atoms with E-state index in [1.54, 1.807) is 6.92 Å². The number of carbonyl (C=O) groups is 1. The number of Topliss-reactive ketones (excluding diaryl/α,β-unsaturated/α-hetero) is 1. The fraction of sp³-hybridized carbons (Fsp3) is 0.682. The molecule has 0 aliphatic heterocycles. The van der Waals surface area contributed by atoms with Crippen LogP contribution in [0.25, 0.3) is 0 Å². The SMILES string of the molecule is CC(=O)CCCCCCCCCCCCCCc1ccccc1. The molecule has 0 saturated heterocycles. The van der Waals surface area contributed by atoms with Crippen molar-refractivity contribution < 1.29 is 4.79 Å². The topological polar surface area (TPSA) is 17.1 Å². The number of hydrogen-bond donors (Lipinski definition) is 0. The van der Waals surface area contributed by atoms with Crippen LogP contribution in [0.4, 0.5) is 0 Å². The Morgan fingerprint density at radius 1 is 0.652 bits per heavy atom. The first-order chi connectivity index (χ1) is 11.3. The molecule has 130 valence electrons. The van der Waals surface area contributed by atoms with Gasteiger partial charge >= 0.3 is 0 Å². The van der Waals surface area contributed by atoms with Crippen molar-refractivity contribution in [2.45, 2.75) is 96.8 Å². The van der Waals surface area contributed by atoms with Crippen molar-refractivity contribution in [3.63, 3.8) is 0 Å². The molecule has 0 spiro atoms. The summed E-state index contributed by atoms with van der Waals surface area (Å²) in [4.78, 5) is 10.8. The van der Waals surface area contributed by atoms with E-state index in [-0.39, 0.29) is 0 Å². The Bertz CT molecular complexity index is 382. The molecule has 0 unspecified atom stereocenters. The fourth-order valence-electron chi connectivity index (χ4n) is 3.12. The van der Waals surface area contributed by atoms with Gasteiger partial charge in [0.15, 0.2) is 0 Å². The predicted octanol–water partition coefficient (Wildman–Crippen LogP) is 6.89. The molecule has 0 saturated carbocycles. The number of benzene rings is 1. The van der Waals surface area contributed by atoms with Crippen molar-refractivity contribution in [3.05, 3.63) is 35.9 Å². The van der Waals surface area contributed by atoms with Gasteiger partial charge in [-0.1, -0.05) is 94.5 Å². The lowest BCUT2D eigenvalue weighted by atomic mass is 10.0. The molecule has 0 atom stereocenters. The molecular weight excluding hydrogens is 280 g/mol. The van der Waals surface area contributed by atoms with Gasteiger partial charge in [-0.2, -0.15) is 0 Å². The van der Waals surface area contributed by atoms with Gasteiger partial charge in [-0.25, -0.2) is 0 Å². The van der Waals surface area contributed by atoms with Crippen LogP contribution in [0, 0.1) is 0 Å². The Balaban J connectivity index is 1.74. The van der Waals surface area contributed by atoms with Crippen LogP contribution in [0.1, 0.15) is 96.0 Å². The summed E-state index contributed by atoms with van der Waals surface area (Å²) in [6.07, 6.45) is 18.2. The second kappa shape index (κ2) is 14.5. The third-order valence-electron chi connectivity index (χ3n) is 4.59. The van der Waals surface area contributed by atoms with Gasteiger partial charge < -0.3 is 4.79 Å². The number of rotatable bonds is 15. The van der Waals surface area contributed by atoms with Gasteiger partial charge in [0.1, 0.15) is 5.78 Å². The largest absolute Gasteiger partial charge is 0.300 e. The zero-order valence-corrected chi connectivity index (χ0v) is 15.2. The molecule has 0 N–H and O–H groups in total. The van der Waals surface area contributed by atoms with Crippen LogP contribution in [0.5, 0.6) is 0 Å². The molecule has 1 heteroatoms. The highest BCUT2D eigenvalue weighted by atomic mass is 16.1. The third-order valence-corrected chi connectivity index (χ3v) is 4.59.